The van der Waals surface area contributed by atoms with Gasteiger partial charge < -0.3 is 24.3 Å². The summed E-state index contributed by atoms with van der Waals surface area (Å²) in [5.41, 5.74) is 3.09. The first-order valence-corrected chi connectivity index (χ1v) is 9.62. The lowest BCUT2D eigenvalue weighted by Gasteiger charge is -2.14. The topological polar surface area (TPSA) is 64.4 Å². The van der Waals surface area contributed by atoms with E-state index < -0.39 is 0 Å². The van der Waals surface area contributed by atoms with Gasteiger partial charge in [0.2, 0.25) is 5.95 Å². The van der Waals surface area contributed by atoms with Gasteiger partial charge in [-0.2, -0.15) is 4.98 Å². The van der Waals surface area contributed by atoms with Crippen molar-refractivity contribution in [2.75, 3.05) is 39.7 Å². The molecule has 0 bridgehead atoms. The first-order chi connectivity index (χ1) is 13.5. The van der Waals surface area contributed by atoms with Crippen LogP contribution < -0.4 is 14.8 Å². The molecule has 0 radical (unpaired) electrons. The third-order valence-electron chi connectivity index (χ3n) is 4.90. The van der Waals surface area contributed by atoms with Gasteiger partial charge in [-0.1, -0.05) is 0 Å². The summed E-state index contributed by atoms with van der Waals surface area (Å²) in [7, 11) is 5.68. The minimum atomic E-state index is 0.579. The number of ether oxygens (including phenoxy) is 2. The van der Waals surface area contributed by atoms with E-state index in [4.69, 9.17) is 14.5 Å². The van der Waals surface area contributed by atoms with Crippen molar-refractivity contribution in [1.82, 2.24) is 19.4 Å². The van der Waals surface area contributed by atoms with Crippen LogP contribution in [0, 0.1) is 6.92 Å². The van der Waals surface area contributed by atoms with Gasteiger partial charge >= 0.3 is 0 Å². The zero-order valence-electron chi connectivity index (χ0n) is 16.9. The summed E-state index contributed by atoms with van der Waals surface area (Å²) in [6.07, 6.45) is 4.33. The SMILES string of the molecule is COc1cc(Nc2ncc3cc(C)n(C4CC4)c3n2)ccc1OCCN(C)C. The molecule has 28 heavy (non-hydrogen) atoms. The van der Waals surface area contributed by atoms with Crippen molar-refractivity contribution in [2.24, 2.45) is 0 Å². The molecule has 7 nitrogen and oxygen atoms in total. The highest BCUT2D eigenvalue weighted by molar-refractivity contribution is 5.78. The van der Waals surface area contributed by atoms with Gasteiger partial charge in [-0.05, 0) is 52.1 Å². The third kappa shape index (κ3) is 3.89. The second kappa shape index (κ2) is 7.67. The molecule has 3 aromatic rings. The molecule has 0 aliphatic heterocycles. The van der Waals surface area contributed by atoms with Crippen LogP contribution in [0.5, 0.6) is 11.5 Å². The first-order valence-electron chi connectivity index (χ1n) is 9.62. The standard InChI is InChI=1S/C21H27N5O2/c1-14-11-15-13-22-21(24-20(15)26(14)17-6-7-17)23-16-5-8-18(19(12-16)27-4)28-10-9-25(2)3/h5,8,11-13,17H,6-7,9-10H2,1-4H3,(H,22,23,24). The second-order valence-electron chi connectivity index (χ2n) is 7.50. The van der Waals surface area contributed by atoms with Gasteiger partial charge in [0, 0.05) is 41.6 Å². The molecular formula is C21H27N5O2. The van der Waals surface area contributed by atoms with Crippen molar-refractivity contribution in [3.8, 4) is 11.5 Å². The average Bonchev–Trinajstić information content (AvgIpc) is 3.44. The summed E-state index contributed by atoms with van der Waals surface area (Å²) < 4.78 is 13.6. The van der Waals surface area contributed by atoms with Crippen molar-refractivity contribution in [3.63, 3.8) is 0 Å². The van der Waals surface area contributed by atoms with Crippen LogP contribution in [0.25, 0.3) is 11.0 Å². The van der Waals surface area contributed by atoms with Gasteiger partial charge in [-0.15, -0.1) is 0 Å². The lowest BCUT2D eigenvalue weighted by atomic mass is 10.2. The van der Waals surface area contributed by atoms with Crippen molar-refractivity contribution in [2.45, 2.75) is 25.8 Å². The maximum Gasteiger partial charge on any atom is 0.229 e. The molecule has 1 aromatic carbocycles. The third-order valence-corrected chi connectivity index (χ3v) is 4.90. The van der Waals surface area contributed by atoms with Gasteiger partial charge in [-0.25, -0.2) is 4.98 Å². The van der Waals surface area contributed by atoms with Crippen LogP contribution in [-0.2, 0) is 0 Å². The Labute approximate surface area is 165 Å². The molecule has 2 heterocycles. The maximum atomic E-state index is 5.82. The van der Waals surface area contributed by atoms with E-state index in [0.717, 1.165) is 29.0 Å². The number of fused-ring (bicyclic) bond motifs is 1. The Morgan fingerprint density at radius 1 is 1.21 bits per heavy atom. The summed E-state index contributed by atoms with van der Waals surface area (Å²) in [5, 5.41) is 4.37. The van der Waals surface area contributed by atoms with E-state index in [1.165, 1.54) is 18.5 Å². The minimum absolute atomic E-state index is 0.579. The van der Waals surface area contributed by atoms with E-state index in [1.807, 2.05) is 38.5 Å². The number of rotatable bonds is 8. The van der Waals surface area contributed by atoms with E-state index in [0.29, 0.717) is 24.3 Å². The molecule has 0 unspecified atom stereocenters. The summed E-state index contributed by atoms with van der Waals surface area (Å²) in [5.74, 6) is 1.99. The Bertz CT molecular complexity index is 978. The Morgan fingerprint density at radius 2 is 2.04 bits per heavy atom. The number of nitrogens with zero attached hydrogens (tertiary/aromatic N) is 4. The number of aryl methyl sites for hydroxylation is 1. The molecule has 0 saturated heterocycles. The Hall–Kier alpha value is -2.80. The molecule has 0 atom stereocenters. The molecule has 7 heteroatoms. The monoisotopic (exact) mass is 381 g/mol. The van der Waals surface area contributed by atoms with Crippen LogP contribution in [0.2, 0.25) is 0 Å². The number of likely N-dealkylation sites (N-methyl/N-ethyl adjacent to an activating group) is 1. The van der Waals surface area contributed by atoms with Gasteiger partial charge in [0.1, 0.15) is 12.3 Å². The van der Waals surface area contributed by atoms with E-state index in [9.17, 15) is 0 Å². The Morgan fingerprint density at radius 3 is 2.75 bits per heavy atom. The van der Waals surface area contributed by atoms with Crippen molar-refractivity contribution in [3.05, 3.63) is 36.2 Å². The molecule has 1 N–H and O–H groups in total. The van der Waals surface area contributed by atoms with Crippen molar-refractivity contribution in [1.29, 1.82) is 0 Å². The molecule has 1 aliphatic rings. The molecule has 1 fully saturated rings. The lowest BCUT2D eigenvalue weighted by molar-refractivity contribution is 0.251. The fourth-order valence-electron chi connectivity index (χ4n) is 3.32. The van der Waals surface area contributed by atoms with Crippen LogP contribution in [0.15, 0.2) is 30.5 Å². The fourth-order valence-corrected chi connectivity index (χ4v) is 3.32. The largest absolute Gasteiger partial charge is 0.493 e. The Kier molecular flexibility index (Phi) is 5.09. The van der Waals surface area contributed by atoms with Crippen LogP contribution in [0.3, 0.4) is 0 Å². The molecule has 148 valence electrons. The van der Waals surface area contributed by atoms with E-state index >= 15 is 0 Å². The molecule has 0 amide bonds. The zero-order valence-corrected chi connectivity index (χ0v) is 16.9. The normalized spacial score (nSPS) is 13.9. The van der Waals surface area contributed by atoms with E-state index in [2.05, 4.69) is 32.8 Å². The van der Waals surface area contributed by atoms with Crippen LogP contribution in [0.4, 0.5) is 11.6 Å². The lowest BCUT2D eigenvalue weighted by Crippen LogP contribution is -2.19. The average molecular weight is 381 g/mol. The highest BCUT2D eigenvalue weighted by Crippen LogP contribution is 2.39. The predicted octanol–water partition coefficient (Wildman–Crippen LogP) is 3.77. The maximum absolute atomic E-state index is 5.82. The minimum Gasteiger partial charge on any atom is -0.493 e. The van der Waals surface area contributed by atoms with Crippen molar-refractivity contribution < 1.29 is 9.47 Å². The van der Waals surface area contributed by atoms with Crippen LogP contribution in [0.1, 0.15) is 24.6 Å². The molecule has 0 spiro atoms. The van der Waals surface area contributed by atoms with Crippen molar-refractivity contribution >= 4 is 22.7 Å². The van der Waals surface area contributed by atoms with E-state index in [1.54, 1.807) is 7.11 Å². The summed E-state index contributed by atoms with van der Waals surface area (Å²) in [6.45, 7) is 3.58. The zero-order chi connectivity index (χ0) is 19.7. The van der Waals surface area contributed by atoms with Gasteiger partial charge in [0.25, 0.3) is 0 Å². The van der Waals surface area contributed by atoms with Gasteiger partial charge in [0.05, 0.1) is 7.11 Å². The summed E-state index contributed by atoms with van der Waals surface area (Å²) in [6, 6.07) is 8.50. The van der Waals surface area contributed by atoms with Crippen LogP contribution >= 0.6 is 0 Å². The van der Waals surface area contributed by atoms with Crippen LogP contribution in [-0.4, -0.2) is 53.8 Å². The predicted molar refractivity (Wildman–Crippen MR) is 111 cm³/mol. The number of methoxy groups -OCH3 is 1. The number of anilines is 2. The fraction of sp³-hybridized carbons (Fsp3) is 0.429. The number of hydrogen-bond donors (Lipinski definition) is 1. The number of nitrogens with one attached hydrogen (secondary N) is 1. The highest BCUT2D eigenvalue weighted by Gasteiger charge is 2.27. The summed E-state index contributed by atoms with van der Waals surface area (Å²) in [4.78, 5) is 11.3. The van der Waals surface area contributed by atoms with E-state index in [-0.39, 0.29) is 0 Å². The Balaban J connectivity index is 1.54. The highest BCUT2D eigenvalue weighted by atomic mass is 16.5. The number of aromatic nitrogens is 3. The number of hydrogen-bond acceptors (Lipinski definition) is 6. The second-order valence-corrected chi connectivity index (χ2v) is 7.50. The first kappa shape index (κ1) is 18.6. The quantitative estimate of drug-likeness (QED) is 0.641. The molecule has 4 rings (SSSR count). The molecule has 1 saturated carbocycles. The summed E-state index contributed by atoms with van der Waals surface area (Å²) >= 11 is 0. The molecule has 2 aromatic heterocycles. The van der Waals surface area contributed by atoms with Gasteiger partial charge in [0.15, 0.2) is 11.5 Å². The molecule has 1 aliphatic carbocycles. The number of benzene rings is 1. The molecular weight excluding hydrogens is 354 g/mol. The van der Waals surface area contributed by atoms with Gasteiger partial charge in [-0.3, -0.25) is 0 Å². The smallest absolute Gasteiger partial charge is 0.229 e.